The summed E-state index contributed by atoms with van der Waals surface area (Å²) >= 11 is 5.98. The van der Waals surface area contributed by atoms with Crippen molar-refractivity contribution in [2.75, 3.05) is 0 Å². The highest BCUT2D eigenvalue weighted by Crippen LogP contribution is 2.57. The van der Waals surface area contributed by atoms with Gasteiger partial charge in [0.1, 0.15) is 0 Å². The van der Waals surface area contributed by atoms with Gasteiger partial charge in [-0.15, -0.1) is 11.3 Å². The summed E-state index contributed by atoms with van der Waals surface area (Å²) in [6.07, 6.45) is 14.9. The largest absolute Gasteiger partial charge is 0.144 e. The van der Waals surface area contributed by atoms with Crippen LogP contribution in [0, 0.1) is 13.8 Å². The van der Waals surface area contributed by atoms with E-state index in [1.807, 2.05) is 11.3 Å². The molecule has 2 fully saturated rings. The lowest BCUT2D eigenvalue weighted by Crippen LogP contribution is -2.27. The summed E-state index contributed by atoms with van der Waals surface area (Å²) < 4.78 is 1.48. The zero-order valence-corrected chi connectivity index (χ0v) is 16.8. The molecule has 0 N–H and O–H groups in total. The van der Waals surface area contributed by atoms with E-state index in [4.69, 9.17) is 0 Å². The number of hydrogen-bond donors (Lipinski definition) is 0. The normalized spacial score (nSPS) is 22.1. The first kappa shape index (κ1) is 16.5. The molecule has 3 heteroatoms. The fourth-order valence-corrected chi connectivity index (χ4v) is 10.9. The molecule has 21 heavy (non-hydrogen) atoms. The molecule has 0 aromatic carbocycles. The SMILES string of the molecule is Cc1sc(C)c(P(C2CCCCC2)C2CCCCC2)c1Br. The lowest BCUT2D eigenvalue weighted by Gasteiger charge is -2.39. The van der Waals surface area contributed by atoms with Crippen LogP contribution in [0.25, 0.3) is 0 Å². The third kappa shape index (κ3) is 3.59. The van der Waals surface area contributed by atoms with Crippen LogP contribution in [0.15, 0.2) is 4.47 Å². The van der Waals surface area contributed by atoms with Gasteiger partial charge < -0.3 is 0 Å². The Hall–Kier alpha value is 0.610. The van der Waals surface area contributed by atoms with E-state index in [9.17, 15) is 0 Å². The van der Waals surface area contributed by atoms with Gasteiger partial charge in [-0.3, -0.25) is 0 Å². The van der Waals surface area contributed by atoms with Crippen LogP contribution in [0.1, 0.15) is 74.0 Å². The van der Waals surface area contributed by atoms with Crippen LogP contribution in [0.2, 0.25) is 0 Å². The van der Waals surface area contributed by atoms with Gasteiger partial charge in [-0.1, -0.05) is 46.4 Å². The molecule has 0 atom stereocenters. The number of rotatable bonds is 3. The highest BCUT2D eigenvalue weighted by atomic mass is 79.9. The van der Waals surface area contributed by atoms with Crippen molar-refractivity contribution in [1.29, 1.82) is 0 Å². The van der Waals surface area contributed by atoms with Gasteiger partial charge in [0.25, 0.3) is 0 Å². The second-order valence-corrected chi connectivity index (χ2v) is 11.8. The Morgan fingerprint density at radius 2 is 1.29 bits per heavy atom. The standard InChI is InChI=1S/C18H28BrPS/c1-13-17(19)18(14(2)21-13)20(15-9-5-3-6-10-15)16-11-7-4-8-12-16/h15-16H,3-12H2,1-2H3. The fraction of sp³-hybridized carbons (Fsp3) is 0.778. The van der Waals surface area contributed by atoms with E-state index in [2.05, 4.69) is 29.8 Å². The van der Waals surface area contributed by atoms with E-state index >= 15 is 0 Å². The predicted molar refractivity (Wildman–Crippen MR) is 102 cm³/mol. The highest BCUT2D eigenvalue weighted by Gasteiger charge is 2.35. The van der Waals surface area contributed by atoms with Crippen molar-refractivity contribution in [2.24, 2.45) is 0 Å². The van der Waals surface area contributed by atoms with Crippen molar-refractivity contribution in [1.82, 2.24) is 0 Å². The first-order chi connectivity index (χ1) is 10.2. The third-order valence-corrected chi connectivity index (χ3v) is 11.8. The summed E-state index contributed by atoms with van der Waals surface area (Å²) in [4.78, 5) is 3.11. The third-order valence-electron chi connectivity index (χ3n) is 5.35. The van der Waals surface area contributed by atoms with Gasteiger partial charge in [-0.25, -0.2) is 0 Å². The molecule has 118 valence electrons. The Kier molecular flexibility index (Phi) is 5.84. The van der Waals surface area contributed by atoms with Crippen LogP contribution in [-0.4, -0.2) is 11.3 Å². The van der Waals surface area contributed by atoms with E-state index in [1.54, 1.807) is 10.2 Å². The molecule has 0 nitrogen and oxygen atoms in total. The Bertz CT molecular complexity index is 452. The van der Waals surface area contributed by atoms with E-state index in [-0.39, 0.29) is 7.92 Å². The lowest BCUT2D eigenvalue weighted by atomic mass is 9.99. The number of aryl methyl sites for hydroxylation is 2. The van der Waals surface area contributed by atoms with E-state index in [1.165, 1.54) is 73.6 Å². The fourth-order valence-electron chi connectivity index (χ4n) is 4.32. The number of hydrogen-bond acceptors (Lipinski definition) is 1. The molecule has 3 rings (SSSR count). The quantitative estimate of drug-likeness (QED) is 0.495. The molecule has 2 aliphatic carbocycles. The van der Waals surface area contributed by atoms with Crippen LogP contribution < -0.4 is 5.30 Å². The highest BCUT2D eigenvalue weighted by molar-refractivity contribution is 9.10. The van der Waals surface area contributed by atoms with Crippen LogP contribution in [0.4, 0.5) is 0 Å². The van der Waals surface area contributed by atoms with Crippen molar-refractivity contribution >= 4 is 40.5 Å². The maximum absolute atomic E-state index is 3.96. The summed E-state index contributed by atoms with van der Waals surface area (Å²) in [6, 6.07) is 0. The zero-order valence-electron chi connectivity index (χ0n) is 13.5. The second-order valence-electron chi connectivity index (χ2n) is 6.87. The van der Waals surface area contributed by atoms with E-state index in [0.717, 1.165) is 11.3 Å². The molecule has 1 aromatic heterocycles. The molecule has 2 aliphatic rings. The molecule has 0 amide bonds. The maximum Gasteiger partial charge on any atom is 0.0391 e. The van der Waals surface area contributed by atoms with Crippen molar-refractivity contribution < 1.29 is 0 Å². The molecule has 0 bridgehead atoms. The van der Waals surface area contributed by atoms with Gasteiger partial charge in [0.05, 0.1) is 0 Å². The molecule has 1 heterocycles. The molecular weight excluding hydrogens is 359 g/mol. The average molecular weight is 387 g/mol. The van der Waals surface area contributed by atoms with Crippen molar-refractivity contribution in [3.05, 3.63) is 14.2 Å². The van der Waals surface area contributed by atoms with Crippen LogP contribution in [0.5, 0.6) is 0 Å². The summed E-state index contributed by atoms with van der Waals surface area (Å²) in [6.45, 7) is 4.67. The number of halogens is 1. The lowest BCUT2D eigenvalue weighted by molar-refractivity contribution is 0.487. The molecule has 2 saturated carbocycles. The minimum Gasteiger partial charge on any atom is -0.144 e. The minimum absolute atomic E-state index is 0.0506. The van der Waals surface area contributed by atoms with Crippen molar-refractivity contribution in [2.45, 2.75) is 89.4 Å². The average Bonchev–Trinajstić information content (AvgIpc) is 2.76. The first-order valence-electron chi connectivity index (χ1n) is 8.72. The monoisotopic (exact) mass is 386 g/mol. The van der Waals surface area contributed by atoms with Gasteiger partial charge in [0, 0.05) is 19.5 Å². The van der Waals surface area contributed by atoms with Crippen LogP contribution in [-0.2, 0) is 0 Å². The van der Waals surface area contributed by atoms with E-state index < -0.39 is 0 Å². The van der Waals surface area contributed by atoms with Gasteiger partial charge in [0.15, 0.2) is 0 Å². The van der Waals surface area contributed by atoms with Crippen molar-refractivity contribution in [3.8, 4) is 0 Å². The predicted octanol–water partition coefficient (Wildman–Crippen LogP) is 6.90. The topological polar surface area (TPSA) is 0 Å². The molecule has 0 aliphatic heterocycles. The summed E-state index contributed by atoms with van der Waals surface area (Å²) in [5, 5.41) is 1.77. The summed E-state index contributed by atoms with van der Waals surface area (Å²) in [5.74, 6) is 0. The Balaban J connectivity index is 1.93. The van der Waals surface area contributed by atoms with E-state index in [0.29, 0.717) is 0 Å². The zero-order chi connectivity index (χ0) is 14.8. The van der Waals surface area contributed by atoms with Crippen LogP contribution >= 0.6 is 35.2 Å². The molecule has 0 spiro atoms. The van der Waals surface area contributed by atoms with Gasteiger partial charge in [-0.2, -0.15) is 0 Å². The Labute approximate surface area is 144 Å². The van der Waals surface area contributed by atoms with Crippen LogP contribution in [0.3, 0.4) is 0 Å². The smallest absolute Gasteiger partial charge is 0.0391 e. The van der Waals surface area contributed by atoms with Gasteiger partial charge in [0.2, 0.25) is 0 Å². The number of thiophene rings is 1. The molecular formula is C18H28BrPS. The Morgan fingerprint density at radius 1 is 0.810 bits per heavy atom. The van der Waals surface area contributed by atoms with Gasteiger partial charge >= 0.3 is 0 Å². The second kappa shape index (κ2) is 7.45. The van der Waals surface area contributed by atoms with Gasteiger partial charge in [-0.05, 0) is 66.8 Å². The molecule has 1 aromatic rings. The summed E-state index contributed by atoms with van der Waals surface area (Å²) in [5.41, 5.74) is 2.03. The molecule has 0 radical (unpaired) electrons. The molecule has 0 saturated heterocycles. The summed E-state index contributed by atoms with van der Waals surface area (Å²) in [7, 11) is 0.0506. The van der Waals surface area contributed by atoms with Crippen molar-refractivity contribution in [3.63, 3.8) is 0 Å². The minimum atomic E-state index is 0.0506. The maximum atomic E-state index is 3.96. The first-order valence-corrected chi connectivity index (χ1v) is 11.8. The Morgan fingerprint density at radius 3 is 1.67 bits per heavy atom. The molecule has 0 unspecified atom stereocenters.